The predicted molar refractivity (Wildman–Crippen MR) is 82.6 cm³/mol. The van der Waals surface area contributed by atoms with Crippen LogP contribution in [0.3, 0.4) is 0 Å². The van der Waals surface area contributed by atoms with E-state index in [2.05, 4.69) is 36.2 Å². The molecule has 1 heterocycles. The molecule has 0 spiro atoms. The number of hydrogen-bond donors (Lipinski definition) is 1. The van der Waals surface area contributed by atoms with Crippen molar-refractivity contribution in [1.29, 1.82) is 0 Å². The second-order valence-electron chi connectivity index (χ2n) is 5.95. The average Bonchev–Trinajstić information content (AvgIpc) is 2.76. The molecule has 106 valence electrons. The average molecular weight is 281 g/mol. The summed E-state index contributed by atoms with van der Waals surface area (Å²) in [5.41, 5.74) is 1.32. The monoisotopic (exact) mass is 280 g/mol. The summed E-state index contributed by atoms with van der Waals surface area (Å²) < 4.78 is 0. The van der Waals surface area contributed by atoms with E-state index in [4.69, 9.17) is 11.6 Å². The van der Waals surface area contributed by atoms with Gasteiger partial charge in [-0.1, -0.05) is 37.6 Å². The first-order valence-electron chi connectivity index (χ1n) is 7.34. The molecule has 1 atom stereocenters. The van der Waals surface area contributed by atoms with Crippen LogP contribution in [0.5, 0.6) is 0 Å². The Hall–Kier alpha value is -0.570. The van der Waals surface area contributed by atoms with Crippen molar-refractivity contribution in [3.05, 3.63) is 34.9 Å². The maximum absolute atomic E-state index is 6.05. The Labute approximate surface area is 122 Å². The molecule has 1 N–H and O–H groups in total. The summed E-state index contributed by atoms with van der Waals surface area (Å²) in [4.78, 5) is 2.58. The van der Waals surface area contributed by atoms with Gasteiger partial charge < -0.3 is 5.32 Å². The van der Waals surface area contributed by atoms with Gasteiger partial charge in [0.25, 0.3) is 0 Å². The highest BCUT2D eigenvalue weighted by molar-refractivity contribution is 6.30. The van der Waals surface area contributed by atoms with Crippen LogP contribution in [0.1, 0.15) is 32.3 Å². The van der Waals surface area contributed by atoms with Gasteiger partial charge in [0.05, 0.1) is 0 Å². The van der Waals surface area contributed by atoms with Gasteiger partial charge in [0.15, 0.2) is 0 Å². The number of rotatable bonds is 6. The van der Waals surface area contributed by atoms with Crippen LogP contribution in [0.15, 0.2) is 24.3 Å². The minimum absolute atomic E-state index is 0.678. The lowest BCUT2D eigenvalue weighted by molar-refractivity contribution is 0.237. The molecule has 19 heavy (non-hydrogen) atoms. The van der Waals surface area contributed by atoms with Crippen molar-refractivity contribution in [3.8, 4) is 0 Å². The first-order chi connectivity index (χ1) is 9.15. The molecule has 0 amide bonds. The maximum atomic E-state index is 6.05. The molecular formula is C16H25ClN2. The molecule has 0 aliphatic carbocycles. The number of halogens is 1. The molecule has 3 heteroatoms. The van der Waals surface area contributed by atoms with Gasteiger partial charge in [0.2, 0.25) is 0 Å². The highest BCUT2D eigenvalue weighted by Crippen LogP contribution is 2.21. The van der Waals surface area contributed by atoms with E-state index >= 15 is 0 Å². The number of hydrogen-bond acceptors (Lipinski definition) is 2. The van der Waals surface area contributed by atoms with Gasteiger partial charge >= 0.3 is 0 Å². The number of nitrogens with zero attached hydrogens (tertiary/aromatic N) is 1. The van der Waals surface area contributed by atoms with Gasteiger partial charge in [0.1, 0.15) is 0 Å². The van der Waals surface area contributed by atoms with Gasteiger partial charge in [-0.3, -0.25) is 4.90 Å². The third-order valence-corrected chi connectivity index (χ3v) is 3.94. The maximum Gasteiger partial charge on any atom is 0.0409 e. The fraction of sp³-hybridized carbons (Fsp3) is 0.625. The van der Waals surface area contributed by atoms with Crippen LogP contribution in [0, 0.1) is 5.92 Å². The van der Waals surface area contributed by atoms with Gasteiger partial charge in [-0.25, -0.2) is 0 Å². The van der Waals surface area contributed by atoms with Crippen LogP contribution in [0.25, 0.3) is 0 Å². The summed E-state index contributed by atoms with van der Waals surface area (Å²) in [6.07, 6.45) is 2.63. The molecule has 0 aromatic heterocycles. The Balaban J connectivity index is 1.84. The lowest BCUT2D eigenvalue weighted by Crippen LogP contribution is -2.38. The smallest absolute Gasteiger partial charge is 0.0409 e. The molecule has 1 fully saturated rings. The predicted octanol–water partition coefficient (Wildman–Crippen LogP) is 3.55. The fourth-order valence-corrected chi connectivity index (χ4v) is 2.96. The molecule has 1 aromatic rings. The molecule has 0 saturated carbocycles. The van der Waals surface area contributed by atoms with E-state index in [9.17, 15) is 0 Å². The normalized spacial score (nSPS) is 20.3. The third kappa shape index (κ3) is 4.79. The van der Waals surface area contributed by atoms with Crippen LogP contribution in [0.2, 0.25) is 5.02 Å². The highest BCUT2D eigenvalue weighted by atomic mass is 35.5. The fourth-order valence-electron chi connectivity index (χ4n) is 2.74. The summed E-state index contributed by atoms with van der Waals surface area (Å²) in [6.45, 7) is 8.96. The Morgan fingerprint density at radius 1 is 1.42 bits per heavy atom. The van der Waals surface area contributed by atoms with Crippen LogP contribution >= 0.6 is 11.6 Å². The van der Waals surface area contributed by atoms with Gasteiger partial charge in [-0.2, -0.15) is 0 Å². The van der Waals surface area contributed by atoms with Crippen LogP contribution in [0.4, 0.5) is 0 Å². The highest BCUT2D eigenvalue weighted by Gasteiger charge is 2.23. The molecule has 1 aliphatic rings. The molecule has 1 unspecified atom stereocenters. The zero-order chi connectivity index (χ0) is 13.7. The topological polar surface area (TPSA) is 15.3 Å². The first-order valence-corrected chi connectivity index (χ1v) is 7.72. The van der Waals surface area contributed by atoms with Gasteiger partial charge in [-0.05, 0) is 49.5 Å². The Bertz CT molecular complexity index is 392. The zero-order valence-corrected chi connectivity index (χ0v) is 12.8. The van der Waals surface area contributed by atoms with Crippen molar-refractivity contribution >= 4 is 11.6 Å². The molecule has 2 rings (SSSR count). The molecule has 0 radical (unpaired) electrons. The summed E-state index contributed by atoms with van der Waals surface area (Å²) >= 11 is 6.05. The molecule has 2 nitrogen and oxygen atoms in total. The second kappa shape index (κ2) is 7.28. The van der Waals surface area contributed by atoms with E-state index in [0.717, 1.165) is 30.6 Å². The lowest BCUT2D eigenvalue weighted by atomic mass is 10.1. The van der Waals surface area contributed by atoms with Crippen LogP contribution < -0.4 is 5.32 Å². The van der Waals surface area contributed by atoms with Crippen molar-refractivity contribution in [3.63, 3.8) is 0 Å². The van der Waals surface area contributed by atoms with Gasteiger partial charge in [-0.15, -0.1) is 0 Å². The third-order valence-electron chi connectivity index (χ3n) is 3.71. The summed E-state index contributed by atoms with van der Waals surface area (Å²) in [6, 6.07) is 8.91. The van der Waals surface area contributed by atoms with Crippen molar-refractivity contribution in [2.45, 2.75) is 39.3 Å². The van der Waals surface area contributed by atoms with Crippen LogP contribution in [-0.4, -0.2) is 30.6 Å². The molecule has 0 bridgehead atoms. The van der Waals surface area contributed by atoms with E-state index < -0.39 is 0 Å². The van der Waals surface area contributed by atoms with Crippen LogP contribution in [-0.2, 0) is 6.54 Å². The SMILES string of the molecule is CC(C)CNCC1CCCN1Cc1cccc(Cl)c1. The minimum atomic E-state index is 0.678. The summed E-state index contributed by atoms with van der Waals surface area (Å²) in [7, 11) is 0. The molecule has 1 saturated heterocycles. The van der Waals surface area contributed by atoms with E-state index in [1.54, 1.807) is 0 Å². The largest absolute Gasteiger partial charge is 0.315 e. The van der Waals surface area contributed by atoms with E-state index in [1.807, 2.05) is 12.1 Å². The molecule has 1 aliphatic heterocycles. The summed E-state index contributed by atoms with van der Waals surface area (Å²) in [5, 5.41) is 4.43. The Morgan fingerprint density at radius 2 is 2.26 bits per heavy atom. The van der Waals surface area contributed by atoms with E-state index in [1.165, 1.54) is 24.9 Å². The molecular weight excluding hydrogens is 256 g/mol. The zero-order valence-electron chi connectivity index (χ0n) is 12.0. The van der Waals surface area contributed by atoms with Crippen molar-refractivity contribution in [2.75, 3.05) is 19.6 Å². The number of likely N-dealkylation sites (tertiary alicyclic amines) is 1. The van der Waals surface area contributed by atoms with Gasteiger partial charge in [0, 0.05) is 24.2 Å². The van der Waals surface area contributed by atoms with Crippen molar-refractivity contribution in [2.24, 2.45) is 5.92 Å². The minimum Gasteiger partial charge on any atom is -0.315 e. The standard InChI is InChI=1S/C16H25ClN2/c1-13(2)10-18-11-16-7-4-8-19(16)12-14-5-3-6-15(17)9-14/h3,5-6,9,13,16,18H,4,7-8,10-12H2,1-2H3. The Morgan fingerprint density at radius 3 is 3.00 bits per heavy atom. The summed E-state index contributed by atoms with van der Waals surface area (Å²) in [5.74, 6) is 0.725. The first kappa shape index (κ1) is 14.8. The number of nitrogens with one attached hydrogen (secondary N) is 1. The van der Waals surface area contributed by atoms with E-state index in [-0.39, 0.29) is 0 Å². The lowest BCUT2D eigenvalue weighted by Gasteiger charge is -2.25. The quantitative estimate of drug-likeness (QED) is 0.857. The van der Waals surface area contributed by atoms with E-state index in [0.29, 0.717) is 6.04 Å². The van der Waals surface area contributed by atoms with Crippen molar-refractivity contribution < 1.29 is 0 Å². The Kier molecular flexibility index (Phi) is 5.68. The number of benzene rings is 1. The second-order valence-corrected chi connectivity index (χ2v) is 6.38. The van der Waals surface area contributed by atoms with Crippen molar-refractivity contribution in [1.82, 2.24) is 10.2 Å². The molecule has 1 aromatic carbocycles.